The second-order valence-electron chi connectivity index (χ2n) is 4.30. The molecule has 0 fully saturated rings. The van der Waals surface area contributed by atoms with Crippen molar-refractivity contribution >= 4 is 35.2 Å². The number of rotatable bonds is 1. The van der Waals surface area contributed by atoms with Crippen LogP contribution in [-0.4, -0.2) is 19.1 Å². The first-order chi connectivity index (χ1) is 9.20. The summed E-state index contributed by atoms with van der Waals surface area (Å²) in [6.45, 7) is 0. The lowest BCUT2D eigenvalue weighted by molar-refractivity contribution is 0.103. The van der Waals surface area contributed by atoms with Gasteiger partial charge >= 0.3 is 0 Å². The van der Waals surface area contributed by atoms with Gasteiger partial charge in [0.2, 0.25) is 0 Å². The third-order valence-corrected chi connectivity index (χ3v) is 4.89. The molecule has 1 aliphatic rings. The quantitative estimate of drug-likeness (QED) is 0.581. The van der Waals surface area contributed by atoms with Crippen LogP contribution in [0, 0.1) is 0 Å². The fourth-order valence-electron chi connectivity index (χ4n) is 2.17. The Morgan fingerprint density at radius 3 is 2.68 bits per heavy atom. The number of benzene rings is 2. The van der Waals surface area contributed by atoms with Gasteiger partial charge in [-0.25, -0.2) is 0 Å². The molecule has 2 aromatic rings. The summed E-state index contributed by atoms with van der Waals surface area (Å²) in [5.74, 6) is 0.107. The van der Waals surface area contributed by atoms with Crippen molar-refractivity contribution in [3.05, 3.63) is 53.6 Å². The number of anilines is 1. The molecule has 96 valence electrons. The molecule has 0 aliphatic carbocycles. The van der Waals surface area contributed by atoms with Crippen LogP contribution in [-0.2, 0) is 0 Å². The topological polar surface area (TPSA) is 20.3 Å². The predicted molar refractivity (Wildman–Crippen MR) is 82.4 cm³/mol. The summed E-state index contributed by atoms with van der Waals surface area (Å²) >= 11 is 3.30. The predicted octanol–water partition coefficient (Wildman–Crippen LogP) is 4.10. The van der Waals surface area contributed by atoms with Gasteiger partial charge in [-0.2, -0.15) is 0 Å². The molecule has 0 unspecified atom stereocenters. The molecule has 0 atom stereocenters. The van der Waals surface area contributed by atoms with Gasteiger partial charge in [0.15, 0.2) is 5.78 Å². The zero-order valence-electron chi connectivity index (χ0n) is 10.7. The van der Waals surface area contributed by atoms with Crippen LogP contribution in [0.4, 0.5) is 5.69 Å². The van der Waals surface area contributed by atoms with Gasteiger partial charge in [0.25, 0.3) is 0 Å². The average Bonchev–Trinajstić information content (AvgIpc) is 2.55. The van der Waals surface area contributed by atoms with Crippen LogP contribution in [0.1, 0.15) is 15.9 Å². The van der Waals surface area contributed by atoms with E-state index in [1.807, 2.05) is 49.7 Å². The third-order valence-electron chi connectivity index (χ3n) is 3.16. The molecule has 0 N–H and O–H groups in total. The van der Waals surface area contributed by atoms with Crippen molar-refractivity contribution in [3.63, 3.8) is 0 Å². The second-order valence-corrected chi connectivity index (χ2v) is 6.35. The summed E-state index contributed by atoms with van der Waals surface area (Å²) in [6, 6.07) is 13.8. The molecule has 0 radical (unpaired) electrons. The lowest BCUT2D eigenvalue weighted by Crippen LogP contribution is -2.07. The first-order valence-corrected chi connectivity index (χ1v) is 7.94. The highest BCUT2D eigenvalue weighted by Gasteiger charge is 2.24. The molecule has 1 heterocycles. The zero-order chi connectivity index (χ0) is 13.4. The minimum absolute atomic E-state index is 0.107. The van der Waals surface area contributed by atoms with E-state index >= 15 is 0 Å². The zero-order valence-corrected chi connectivity index (χ0v) is 12.3. The molecule has 19 heavy (non-hydrogen) atoms. The first kappa shape index (κ1) is 12.6. The molecule has 2 aromatic carbocycles. The van der Waals surface area contributed by atoms with Crippen molar-refractivity contribution in [3.8, 4) is 0 Å². The summed E-state index contributed by atoms with van der Waals surface area (Å²) in [4.78, 5) is 14.8. The smallest absolute Gasteiger partial charge is 0.196 e. The van der Waals surface area contributed by atoms with Crippen LogP contribution >= 0.6 is 23.7 Å². The van der Waals surface area contributed by atoms with Crippen LogP contribution in [0.25, 0.3) is 0 Å². The molecule has 0 spiro atoms. The molecule has 2 nitrogen and oxygen atoms in total. The number of carbonyl (C=O) groups is 1. The molecule has 0 bridgehead atoms. The van der Waals surface area contributed by atoms with E-state index < -0.39 is 0 Å². The van der Waals surface area contributed by atoms with Gasteiger partial charge in [-0.05, 0) is 48.5 Å². The summed E-state index contributed by atoms with van der Waals surface area (Å²) in [5, 5.41) is 0. The number of thioether (sulfide) groups is 1. The Hall–Kier alpha value is -1.39. The Labute approximate surface area is 121 Å². The van der Waals surface area contributed by atoms with E-state index in [1.165, 1.54) is 4.90 Å². The maximum absolute atomic E-state index is 12.6. The number of hydrogen-bond donors (Lipinski definition) is 0. The lowest BCUT2D eigenvalue weighted by atomic mass is 10.0. The van der Waals surface area contributed by atoms with Gasteiger partial charge in [-0.15, -0.1) is 11.8 Å². The second kappa shape index (κ2) is 4.94. The largest absolute Gasteiger partial charge is 0.314 e. The van der Waals surface area contributed by atoms with Crippen molar-refractivity contribution in [2.24, 2.45) is 0 Å². The highest BCUT2D eigenvalue weighted by atomic mass is 32.2. The standard InChI is InChI=1S/C15H13NOS2/c1-16-13-6-4-3-5-11(13)15(17)12-8-7-10(18-2)9-14(12)19-16/h3-9H,1-2H3. The fourth-order valence-corrected chi connectivity index (χ4v) is 3.68. The number of carbonyl (C=O) groups excluding carboxylic acids is 1. The van der Waals surface area contributed by atoms with Crippen molar-refractivity contribution in [1.82, 2.24) is 0 Å². The van der Waals surface area contributed by atoms with E-state index in [1.54, 1.807) is 23.7 Å². The van der Waals surface area contributed by atoms with Crippen LogP contribution in [0.15, 0.2) is 52.3 Å². The fraction of sp³-hybridized carbons (Fsp3) is 0.133. The SMILES string of the molecule is CSc1ccc2c(c1)SN(C)c1ccccc1C2=O. The number of ketones is 1. The lowest BCUT2D eigenvalue weighted by Gasteiger charge is -2.17. The van der Waals surface area contributed by atoms with Gasteiger partial charge in [-0.1, -0.05) is 12.1 Å². The highest BCUT2D eigenvalue weighted by Crippen LogP contribution is 2.38. The highest BCUT2D eigenvalue weighted by molar-refractivity contribution is 8.01. The third kappa shape index (κ3) is 2.15. The van der Waals surface area contributed by atoms with Crippen molar-refractivity contribution in [2.75, 3.05) is 17.6 Å². The number of para-hydroxylation sites is 1. The molecule has 3 rings (SSSR count). The molecule has 1 aliphatic heterocycles. The maximum Gasteiger partial charge on any atom is 0.196 e. The Kier molecular flexibility index (Phi) is 3.29. The number of fused-ring (bicyclic) bond motifs is 2. The minimum Gasteiger partial charge on any atom is -0.314 e. The maximum atomic E-state index is 12.6. The summed E-state index contributed by atoms with van der Waals surface area (Å²) in [7, 11) is 2.00. The molecular formula is C15H13NOS2. The van der Waals surface area contributed by atoms with Crippen molar-refractivity contribution in [1.29, 1.82) is 0 Å². The molecule has 0 aromatic heterocycles. The van der Waals surface area contributed by atoms with E-state index in [0.717, 1.165) is 21.7 Å². The van der Waals surface area contributed by atoms with E-state index in [2.05, 4.69) is 10.4 Å². The molecular weight excluding hydrogens is 274 g/mol. The first-order valence-electron chi connectivity index (χ1n) is 5.94. The Balaban J connectivity index is 2.19. The van der Waals surface area contributed by atoms with Gasteiger partial charge in [-0.3, -0.25) is 4.79 Å². The van der Waals surface area contributed by atoms with Gasteiger partial charge in [0.1, 0.15) is 0 Å². The molecule has 4 heteroatoms. The summed E-state index contributed by atoms with van der Waals surface area (Å²) in [6.07, 6.45) is 2.05. The number of nitrogens with zero attached hydrogens (tertiary/aromatic N) is 1. The summed E-state index contributed by atoms with van der Waals surface area (Å²) < 4.78 is 2.06. The summed E-state index contributed by atoms with van der Waals surface area (Å²) in [5.41, 5.74) is 2.53. The van der Waals surface area contributed by atoms with Gasteiger partial charge in [0.05, 0.1) is 5.69 Å². The van der Waals surface area contributed by atoms with Gasteiger partial charge in [0, 0.05) is 28.0 Å². The molecule has 0 saturated heterocycles. The van der Waals surface area contributed by atoms with E-state index in [-0.39, 0.29) is 5.78 Å². The Morgan fingerprint density at radius 2 is 1.89 bits per heavy atom. The normalized spacial score (nSPS) is 13.8. The van der Waals surface area contributed by atoms with E-state index in [0.29, 0.717) is 0 Å². The Morgan fingerprint density at radius 1 is 1.11 bits per heavy atom. The van der Waals surface area contributed by atoms with Crippen LogP contribution in [0.5, 0.6) is 0 Å². The van der Waals surface area contributed by atoms with E-state index in [9.17, 15) is 4.79 Å². The Bertz CT molecular complexity index is 654. The molecule has 0 amide bonds. The van der Waals surface area contributed by atoms with Crippen LogP contribution in [0.3, 0.4) is 0 Å². The van der Waals surface area contributed by atoms with Crippen molar-refractivity contribution < 1.29 is 4.79 Å². The van der Waals surface area contributed by atoms with Gasteiger partial charge < -0.3 is 4.31 Å². The van der Waals surface area contributed by atoms with Crippen molar-refractivity contribution in [2.45, 2.75) is 9.79 Å². The minimum atomic E-state index is 0.107. The monoisotopic (exact) mass is 287 g/mol. The van der Waals surface area contributed by atoms with E-state index in [4.69, 9.17) is 0 Å². The number of hydrogen-bond acceptors (Lipinski definition) is 4. The van der Waals surface area contributed by atoms with Crippen LogP contribution < -0.4 is 4.31 Å². The average molecular weight is 287 g/mol. The molecule has 0 saturated carbocycles. The van der Waals surface area contributed by atoms with Crippen LogP contribution in [0.2, 0.25) is 0 Å².